The molecule has 0 radical (unpaired) electrons. The van der Waals surface area contributed by atoms with Crippen molar-refractivity contribution in [3.63, 3.8) is 0 Å². The zero-order chi connectivity index (χ0) is 14.9. The van der Waals surface area contributed by atoms with Crippen LogP contribution in [0, 0.1) is 11.8 Å². The molecule has 2 fully saturated rings. The lowest BCUT2D eigenvalue weighted by Crippen LogP contribution is -2.49. The Labute approximate surface area is 120 Å². The number of likely N-dealkylation sites (tertiary alicyclic amines) is 2. The van der Waals surface area contributed by atoms with E-state index in [1.165, 1.54) is 0 Å². The highest BCUT2D eigenvalue weighted by Gasteiger charge is 2.39. The Morgan fingerprint density at radius 1 is 1.20 bits per heavy atom. The molecule has 114 valence electrons. The SMILES string of the molecule is C[C@@H]1CN(C(=O)N(C)C2CCN(C)CC2)C[C@H]1C(=O)O. The van der Waals surface area contributed by atoms with Crippen LogP contribution in [-0.2, 0) is 4.79 Å². The molecule has 0 aromatic heterocycles. The van der Waals surface area contributed by atoms with Gasteiger partial charge in [0.25, 0.3) is 0 Å². The number of urea groups is 1. The summed E-state index contributed by atoms with van der Waals surface area (Å²) in [7, 11) is 3.94. The van der Waals surface area contributed by atoms with E-state index in [9.17, 15) is 9.59 Å². The standard InChI is InChI=1S/C14H25N3O3/c1-10-8-17(9-12(10)13(18)19)14(20)16(3)11-4-6-15(2)7-5-11/h10-12H,4-9H2,1-3H3,(H,18,19)/t10-,12-/m1/s1. The summed E-state index contributed by atoms with van der Waals surface area (Å²) in [6.07, 6.45) is 1.98. The highest BCUT2D eigenvalue weighted by molar-refractivity contribution is 5.77. The Hall–Kier alpha value is -1.30. The Morgan fingerprint density at radius 2 is 1.80 bits per heavy atom. The van der Waals surface area contributed by atoms with E-state index >= 15 is 0 Å². The molecule has 0 bridgehead atoms. The summed E-state index contributed by atoms with van der Waals surface area (Å²) in [5, 5.41) is 9.14. The summed E-state index contributed by atoms with van der Waals surface area (Å²) in [5.74, 6) is -1.19. The van der Waals surface area contributed by atoms with E-state index in [1.807, 2.05) is 18.9 Å². The topological polar surface area (TPSA) is 64.1 Å². The smallest absolute Gasteiger partial charge is 0.320 e. The second kappa shape index (κ2) is 5.99. The number of aliphatic carboxylic acids is 1. The van der Waals surface area contributed by atoms with E-state index < -0.39 is 11.9 Å². The third kappa shape index (κ3) is 3.06. The van der Waals surface area contributed by atoms with Gasteiger partial charge in [0, 0.05) is 26.2 Å². The fourth-order valence-corrected chi connectivity index (χ4v) is 3.21. The Kier molecular flexibility index (Phi) is 4.52. The molecular formula is C14H25N3O3. The number of hydrogen-bond donors (Lipinski definition) is 1. The van der Waals surface area contributed by atoms with Crippen LogP contribution in [0.2, 0.25) is 0 Å². The van der Waals surface area contributed by atoms with Gasteiger partial charge in [0.15, 0.2) is 0 Å². The second-order valence-electron chi connectivity index (χ2n) is 6.25. The van der Waals surface area contributed by atoms with E-state index in [1.54, 1.807) is 4.90 Å². The molecule has 2 heterocycles. The van der Waals surface area contributed by atoms with Crippen LogP contribution in [-0.4, -0.2) is 78.1 Å². The lowest BCUT2D eigenvalue weighted by Gasteiger charge is -2.36. The maximum absolute atomic E-state index is 12.5. The molecule has 0 saturated carbocycles. The van der Waals surface area contributed by atoms with Crippen molar-refractivity contribution < 1.29 is 14.7 Å². The van der Waals surface area contributed by atoms with Crippen molar-refractivity contribution in [1.82, 2.24) is 14.7 Å². The minimum atomic E-state index is -0.797. The summed E-state index contributed by atoms with van der Waals surface area (Å²) >= 11 is 0. The summed E-state index contributed by atoms with van der Waals surface area (Å²) in [6.45, 7) is 4.81. The van der Waals surface area contributed by atoms with E-state index in [-0.39, 0.29) is 18.0 Å². The maximum Gasteiger partial charge on any atom is 0.320 e. The van der Waals surface area contributed by atoms with Gasteiger partial charge in [-0.1, -0.05) is 6.92 Å². The Bertz CT molecular complexity index is 380. The van der Waals surface area contributed by atoms with Gasteiger partial charge in [0.05, 0.1) is 5.92 Å². The molecule has 6 nitrogen and oxygen atoms in total. The highest BCUT2D eigenvalue weighted by atomic mass is 16.4. The van der Waals surface area contributed by atoms with E-state index in [0.29, 0.717) is 13.1 Å². The van der Waals surface area contributed by atoms with Crippen LogP contribution in [0.15, 0.2) is 0 Å². The lowest BCUT2D eigenvalue weighted by molar-refractivity contribution is -0.142. The van der Waals surface area contributed by atoms with Crippen LogP contribution < -0.4 is 0 Å². The first-order valence-electron chi connectivity index (χ1n) is 7.33. The minimum absolute atomic E-state index is 0.0184. The fraction of sp³-hybridized carbons (Fsp3) is 0.857. The minimum Gasteiger partial charge on any atom is -0.481 e. The van der Waals surface area contributed by atoms with Gasteiger partial charge in [-0.3, -0.25) is 4.79 Å². The number of carboxylic acids is 1. The number of piperidine rings is 1. The molecule has 1 N–H and O–H groups in total. The first-order chi connectivity index (χ1) is 9.40. The zero-order valence-electron chi connectivity index (χ0n) is 12.6. The van der Waals surface area contributed by atoms with Crippen molar-refractivity contribution in [2.45, 2.75) is 25.8 Å². The molecular weight excluding hydrogens is 258 g/mol. The average Bonchev–Trinajstić information content (AvgIpc) is 2.80. The monoisotopic (exact) mass is 283 g/mol. The van der Waals surface area contributed by atoms with E-state index in [2.05, 4.69) is 11.9 Å². The van der Waals surface area contributed by atoms with Gasteiger partial charge in [-0.2, -0.15) is 0 Å². The molecule has 2 atom stereocenters. The molecule has 2 aliphatic rings. The van der Waals surface area contributed by atoms with Crippen LogP contribution >= 0.6 is 0 Å². The fourth-order valence-electron chi connectivity index (χ4n) is 3.21. The molecule has 6 heteroatoms. The molecule has 0 spiro atoms. The first-order valence-corrected chi connectivity index (χ1v) is 7.33. The number of carbonyl (C=O) groups is 2. The van der Waals surface area contributed by atoms with Gasteiger partial charge in [-0.05, 0) is 38.9 Å². The number of rotatable bonds is 2. The van der Waals surface area contributed by atoms with Crippen molar-refractivity contribution in [2.75, 3.05) is 40.3 Å². The summed E-state index contributed by atoms with van der Waals surface area (Å²) in [5.41, 5.74) is 0. The zero-order valence-corrected chi connectivity index (χ0v) is 12.6. The third-order valence-electron chi connectivity index (χ3n) is 4.74. The first kappa shape index (κ1) is 15.1. The van der Waals surface area contributed by atoms with Crippen molar-refractivity contribution >= 4 is 12.0 Å². The molecule has 0 unspecified atom stereocenters. The number of hydrogen-bond acceptors (Lipinski definition) is 3. The molecule has 2 saturated heterocycles. The van der Waals surface area contributed by atoms with Gasteiger partial charge in [-0.25, -0.2) is 4.79 Å². The van der Waals surface area contributed by atoms with Gasteiger partial charge in [0.1, 0.15) is 0 Å². The molecule has 0 aliphatic carbocycles. The Morgan fingerprint density at radius 3 is 2.30 bits per heavy atom. The van der Waals surface area contributed by atoms with Crippen LogP contribution in [0.5, 0.6) is 0 Å². The van der Waals surface area contributed by atoms with Crippen LogP contribution in [0.1, 0.15) is 19.8 Å². The van der Waals surface area contributed by atoms with E-state index in [4.69, 9.17) is 5.11 Å². The Balaban J connectivity index is 1.93. The molecule has 2 aliphatic heterocycles. The molecule has 2 amide bonds. The maximum atomic E-state index is 12.5. The van der Waals surface area contributed by atoms with Crippen molar-refractivity contribution in [3.8, 4) is 0 Å². The number of nitrogens with zero attached hydrogens (tertiary/aromatic N) is 3. The number of carbonyl (C=O) groups excluding carboxylic acids is 1. The van der Waals surface area contributed by atoms with Gasteiger partial charge >= 0.3 is 12.0 Å². The molecule has 2 rings (SSSR count). The van der Waals surface area contributed by atoms with Crippen molar-refractivity contribution in [1.29, 1.82) is 0 Å². The molecule has 20 heavy (non-hydrogen) atoms. The summed E-state index contributed by atoms with van der Waals surface area (Å²) in [6, 6.07) is 0.257. The van der Waals surface area contributed by atoms with Gasteiger partial charge in [-0.15, -0.1) is 0 Å². The largest absolute Gasteiger partial charge is 0.481 e. The second-order valence-corrected chi connectivity index (χ2v) is 6.25. The van der Waals surface area contributed by atoms with Crippen molar-refractivity contribution in [2.24, 2.45) is 11.8 Å². The van der Waals surface area contributed by atoms with Crippen LogP contribution in [0.25, 0.3) is 0 Å². The van der Waals surface area contributed by atoms with Gasteiger partial charge in [0.2, 0.25) is 0 Å². The number of amides is 2. The molecule has 0 aromatic carbocycles. The van der Waals surface area contributed by atoms with Gasteiger partial charge < -0.3 is 19.8 Å². The predicted molar refractivity (Wildman–Crippen MR) is 75.5 cm³/mol. The van der Waals surface area contributed by atoms with Crippen molar-refractivity contribution in [3.05, 3.63) is 0 Å². The van der Waals surface area contributed by atoms with Crippen LogP contribution in [0.3, 0.4) is 0 Å². The highest BCUT2D eigenvalue weighted by Crippen LogP contribution is 2.25. The van der Waals surface area contributed by atoms with Crippen LogP contribution in [0.4, 0.5) is 4.79 Å². The quantitative estimate of drug-likeness (QED) is 0.813. The third-order valence-corrected chi connectivity index (χ3v) is 4.74. The lowest BCUT2D eigenvalue weighted by atomic mass is 9.99. The average molecular weight is 283 g/mol. The normalized spacial score (nSPS) is 28.6. The summed E-state index contributed by atoms with van der Waals surface area (Å²) < 4.78 is 0. The van der Waals surface area contributed by atoms with E-state index in [0.717, 1.165) is 25.9 Å². The molecule has 0 aromatic rings. The summed E-state index contributed by atoms with van der Waals surface area (Å²) in [4.78, 5) is 29.4. The number of carboxylic acid groups (broad SMARTS) is 1. The predicted octanol–water partition coefficient (Wildman–Crippen LogP) is 0.785.